The van der Waals surface area contributed by atoms with Crippen molar-refractivity contribution in [1.29, 1.82) is 0 Å². The third kappa shape index (κ3) is 2.30. The van der Waals surface area contributed by atoms with Crippen LogP contribution >= 0.6 is 0 Å². The van der Waals surface area contributed by atoms with Gasteiger partial charge in [-0.1, -0.05) is 18.2 Å². The number of furan rings is 1. The summed E-state index contributed by atoms with van der Waals surface area (Å²) >= 11 is 0. The van der Waals surface area contributed by atoms with Crippen molar-refractivity contribution < 1.29 is 13.9 Å². The Morgan fingerprint density at radius 3 is 3.05 bits per heavy atom. The maximum Gasteiger partial charge on any atom is 0.257 e. The van der Waals surface area contributed by atoms with Gasteiger partial charge in [0.25, 0.3) is 5.91 Å². The zero-order chi connectivity index (χ0) is 14.1. The van der Waals surface area contributed by atoms with E-state index in [-0.39, 0.29) is 18.1 Å². The molecule has 5 heteroatoms. The minimum absolute atomic E-state index is 0.0242. The van der Waals surface area contributed by atoms with Crippen molar-refractivity contribution in [2.24, 2.45) is 5.73 Å². The van der Waals surface area contributed by atoms with Crippen LogP contribution in [0.15, 0.2) is 34.9 Å². The summed E-state index contributed by atoms with van der Waals surface area (Å²) in [6.45, 7) is 3.52. The number of benzene rings is 1. The van der Waals surface area contributed by atoms with Gasteiger partial charge in [0.2, 0.25) is 0 Å². The van der Waals surface area contributed by atoms with E-state index in [0.717, 1.165) is 11.0 Å². The van der Waals surface area contributed by atoms with Crippen LogP contribution in [-0.4, -0.2) is 42.6 Å². The summed E-state index contributed by atoms with van der Waals surface area (Å²) in [5.74, 6) is -0.0242. The first-order valence-corrected chi connectivity index (χ1v) is 6.79. The van der Waals surface area contributed by atoms with Gasteiger partial charge in [-0.15, -0.1) is 0 Å². The molecular weight excluding hydrogens is 256 g/mol. The molecule has 2 atom stereocenters. The lowest BCUT2D eigenvalue weighted by molar-refractivity contribution is -0.0299. The molecule has 1 saturated heterocycles. The lowest BCUT2D eigenvalue weighted by Crippen LogP contribution is -2.51. The molecule has 2 N–H and O–H groups in total. The molecule has 1 fully saturated rings. The molecular formula is C15H18N2O3. The number of hydrogen-bond acceptors (Lipinski definition) is 4. The Bertz CT molecular complexity index is 620. The number of rotatable bonds is 2. The van der Waals surface area contributed by atoms with E-state index in [9.17, 15) is 4.79 Å². The van der Waals surface area contributed by atoms with Crippen LogP contribution in [-0.2, 0) is 4.74 Å². The van der Waals surface area contributed by atoms with Gasteiger partial charge in [-0.05, 0) is 13.0 Å². The first-order chi connectivity index (χ1) is 9.66. The highest BCUT2D eigenvalue weighted by molar-refractivity contribution is 6.05. The Morgan fingerprint density at radius 1 is 1.45 bits per heavy atom. The maximum absolute atomic E-state index is 12.6. The third-order valence-electron chi connectivity index (χ3n) is 3.68. The molecule has 20 heavy (non-hydrogen) atoms. The first-order valence-electron chi connectivity index (χ1n) is 6.79. The molecule has 1 aromatic carbocycles. The fraction of sp³-hybridized carbons (Fsp3) is 0.400. The normalized spacial score (nSPS) is 21.1. The number of amides is 1. The number of carbonyl (C=O) groups excluding carboxylic acids is 1. The molecule has 1 amide bonds. The van der Waals surface area contributed by atoms with E-state index >= 15 is 0 Å². The van der Waals surface area contributed by atoms with Gasteiger partial charge < -0.3 is 19.8 Å². The molecule has 2 heterocycles. The Kier molecular flexibility index (Phi) is 3.46. The number of ether oxygens (including phenoxy) is 1. The van der Waals surface area contributed by atoms with Gasteiger partial charge in [0.05, 0.1) is 18.3 Å². The molecule has 0 radical (unpaired) electrons. The van der Waals surface area contributed by atoms with Crippen LogP contribution in [0.2, 0.25) is 0 Å². The molecule has 2 aromatic rings. The molecule has 1 aliphatic heterocycles. The van der Waals surface area contributed by atoms with E-state index in [2.05, 4.69) is 0 Å². The van der Waals surface area contributed by atoms with Crippen molar-refractivity contribution in [3.63, 3.8) is 0 Å². The van der Waals surface area contributed by atoms with Gasteiger partial charge in [0.1, 0.15) is 11.8 Å². The highest BCUT2D eigenvalue weighted by Crippen LogP contribution is 2.23. The highest BCUT2D eigenvalue weighted by atomic mass is 16.5. The van der Waals surface area contributed by atoms with Crippen LogP contribution in [0.5, 0.6) is 0 Å². The van der Waals surface area contributed by atoms with Gasteiger partial charge in [0, 0.05) is 24.5 Å². The molecule has 106 valence electrons. The van der Waals surface area contributed by atoms with Crippen molar-refractivity contribution >= 4 is 16.9 Å². The van der Waals surface area contributed by atoms with Gasteiger partial charge in [0.15, 0.2) is 0 Å². The third-order valence-corrected chi connectivity index (χ3v) is 3.68. The zero-order valence-corrected chi connectivity index (χ0v) is 11.4. The van der Waals surface area contributed by atoms with Crippen LogP contribution in [0.25, 0.3) is 11.0 Å². The monoisotopic (exact) mass is 274 g/mol. The summed E-state index contributed by atoms with van der Waals surface area (Å²) in [6.07, 6.45) is 1.43. The molecule has 3 rings (SSSR count). The van der Waals surface area contributed by atoms with Gasteiger partial charge in [-0.3, -0.25) is 4.79 Å². The van der Waals surface area contributed by atoms with Crippen molar-refractivity contribution in [2.75, 3.05) is 19.7 Å². The lowest BCUT2D eigenvalue weighted by Gasteiger charge is -2.34. The van der Waals surface area contributed by atoms with Gasteiger partial charge >= 0.3 is 0 Å². The van der Waals surface area contributed by atoms with Crippen LogP contribution < -0.4 is 5.73 Å². The number of morpholine rings is 1. The number of fused-ring (bicyclic) bond motifs is 1. The van der Waals surface area contributed by atoms with E-state index in [4.69, 9.17) is 14.9 Å². The van der Waals surface area contributed by atoms with Gasteiger partial charge in [-0.25, -0.2) is 0 Å². The van der Waals surface area contributed by atoms with E-state index in [1.165, 1.54) is 6.26 Å². The van der Waals surface area contributed by atoms with Crippen molar-refractivity contribution in [3.05, 3.63) is 36.1 Å². The Morgan fingerprint density at radius 2 is 2.25 bits per heavy atom. The molecule has 0 bridgehead atoms. The topological polar surface area (TPSA) is 68.7 Å². The minimum Gasteiger partial charge on any atom is -0.463 e. The molecule has 5 nitrogen and oxygen atoms in total. The fourth-order valence-electron chi connectivity index (χ4n) is 2.49. The van der Waals surface area contributed by atoms with Crippen LogP contribution in [0.4, 0.5) is 0 Å². The maximum atomic E-state index is 12.6. The van der Waals surface area contributed by atoms with E-state index in [1.807, 2.05) is 31.2 Å². The van der Waals surface area contributed by atoms with E-state index in [1.54, 1.807) is 4.90 Å². The largest absolute Gasteiger partial charge is 0.463 e. The van der Waals surface area contributed by atoms with E-state index in [0.29, 0.717) is 25.3 Å². The second-order valence-corrected chi connectivity index (χ2v) is 5.17. The number of carbonyl (C=O) groups is 1. The smallest absolute Gasteiger partial charge is 0.257 e. The van der Waals surface area contributed by atoms with Crippen LogP contribution in [0.3, 0.4) is 0 Å². The second kappa shape index (κ2) is 5.26. The average Bonchev–Trinajstić information content (AvgIpc) is 2.90. The Hall–Kier alpha value is -1.85. The highest BCUT2D eigenvalue weighted by Gasteiger charge is 2.28. The molecule has 0 unspecified atom stereocenters. The summed E-state index contributed by atoms with van der Waals surface area (Å²) in [5.41, 5.74) is 7.19. The van der Waals surface area contributed by atoms with Crippen molar-refractivity contribution in [1.82, 2.24) is 4.90 Å². The molecule has 1 aromatic heterocycles. The SMILES string of the molecule is C[C@@H](N)[C@H]1CN(C(=O)c2coc3ccccc23)CCO1. The molecule has 0 aliphatic carbocycles. The summed E-state index contributed by atoms with van der Waals surface area (Å²) in [7, 11) is 0. The van der Waals surface area contributed by atoms with Crippen LogP contribution in [0, 0.1) is 0 Å². The van der Waals surface area contributed by atoms with Crippen LogP contribution in [0.1, 0.15) is 17.3 Å². The van der Waals surface area contributed by atoms with Gasteiger partial charge in [-0.2, -0.15) is 0 Å². The van der Waals surface area contributed by atoms with E-state index < -0.39 is 0 Å². The summed E-state index contributed by atoms with van der Waals surface area (Å²) in [5, 5.41) is 0.848. The summed E-state index contributed by atoms with van der Waals surface area (Å²) in [4.78, 5) is 14.4. The fourth-order valence-corrected chi connectivity index (χ4v) is 2.49. The van der Waals surface area contributed by atoms with Crippen molar-refractivity contribution in [3.8, 4) is 0 Å². The first kappa shape index (κ1) is 13.1. The lowest BCUT2D eigenvalue weighted by atomic mass is 10.1. The number of para-hydroxylation sites is 1. The second-order valence-electron chi connectivity index (χ2n) is 5.17. The Labute approximate surface area is 117 Å². The summed E-state index contributed by atoms with van der Waals surface area (Å²) in [6, 6.07) is 7.46. The van der Waals surface area contributed by atoms with Crippen molar-refractivity contribution in [2.45, 2.75) is 19.1 Å². The number of nitrogens with zero attached hydrogens (tertiary/aromatic N) is 1. The molecule has 0 saturated carbocycles. The Balaban J connectivity index is 1.85. The average molecular weight is 274 g/mol. The number of nitrogens with two attached hydrogens (primary N) is 1. The molecule has 0 spiro atoms. The zero-order valence-electron chi connectivity index (χ0n) is 11.4. The predicted octanol–water partition coefficient (Wildman–Crippen LogP) is 1.62. The molecule has 1 aliphatic rings. The number of hydrogen-bond donors (Lipinski definition) is 1. The standard InChI is InChI=1S/C15H18N2O3/c1-10(16)14-8-17(6-7-19-14)15(18)12-9-20-13-5-3-2-4-11(12)13/h2-5,9-10,14H,6-8,16H2,1H3/t10-,14-/m1/s1. The summed E-state index contributed by atoms with van der Waals surface area (Å²) < 4.78 is 11.0. The predicted molar refractivity (Wildman–Crippen MR) is 75.5 cm³/mol. The quantitative estimate of drug-likeness (QED) is 0.903. The minimum atomic E-state index is -0.106.